The highest BCUT2D eigenvalue weighted by atomic mass is 35.5. The molecule has 0 spiro atoms. The van der Waals surface area contributed by atoms with Crippen LogP contribution in [0.2, 0.25) is 5.02 Å². The molecule has 0 radical (unpaired) electrons. The minimum atomic E-state index is -0.769. The Bertz CT molecular complexity index is 1150. The van der Waals surface area contributed by atoms with Crippen molar-refractivity contribution >= 4 is 34.9 Å². The van der Waals surface area contributed by atoms with E-state index in [1.165, 1.54) is 18.2 Å². The first-order chi connectivity index (χ1) is 14.9. The Morgan fingerprint density at radius 1 is 1.03 bits per heavy atom. The number of carbonyl (C=O) groups excluding carboxylic acids is 2. The molecule has 1 aliphatic rings. The van der Waals surface area contributed by atoms with Crippen molar-refractivity contribution in [2.75, 3.05) is 11.9 Å². The zero-order chi connectivity index (χ0) is 22.0. The number of anilines is 1. The van der Waals surface area contributed by atoms with Crippen molar-refractivity contribution in [3.8, 4) is 11.5 Å². The normalized spacial score (nSPS) is 12.2. The van der Waals surface area contributed by atoms with Crippen molar-refractivity contribution in [3.05, 3.63) is 93.0 Å². The lowest BCUT2D eigenvalue weighted by atomic mass is 9.88. The molecule has 8 nitrogen and oxygen atoms in total. The van der Waals surface area contributed by atoms with Gasteiger partial charge in [0.2, 0.25) is 0 Å². The number of nitro benzene ring substituents is 1. The van der Waals surface area contributed by atoms with Gasteiger partial charge in [-0.05, 0) is 24.3 Å². The lowest BCUT2D eigenvalue weighted by Crippen LogP contribution is -2.26. The maximum Gasteiger partial charge on any atom is 0.318 e. The molecule has 9 heteroatoms. The summed E-state index contributed by atoms with van der Waals surface area (Å²) >= 11 is 5.86. The van der Waals surface area contributed by atoms with Gasteiger partial charge >= 0.3 is 5.97 Å². The fraction of sp³-hybridized carbons (Fsp3) is 0.0909. The summed E-state index contributed by atoms with van der Waals surface area (Å²) in [6.45, 7) is -0.621. The Balaban J connectivity index is 1.51. The first-order valence-corrected chi connectivity index (χ1v) is 9.58. The molecule has 1 N–H and O–H groups in total. The van der Waals surface area contributed by atoms with E-state index >= 15 is 0 Å². The van der Waals surface area contributed by atoms with Gasteiger partial charge in [-0.3, -0.25) is 19.7 Å². The summed E-state index contributed by atoms with van der Waals surface area (Å²) in [4.78, 5) is 35.7. The molecule has 3 aromatic carbocycles. The summed E-state index contributed by atoms with van der Waals surface area (Å²) in [5, 5.41) is 13.7. The molecule has 0 saturated heterocycles. The summed E-state index contributed by atoms with van der Waals surface area (Å²) in [5.41, 5.74) is 0.839. The molecule has 1 amide bonds. The molecule has 1 heterocycles. The lowest BCUT2D eigenvalue weighted by Gasteiger charge is -2.26. The first kappa shape index (κ1) is 20.4. The summed E-state index contributed by atoms with van der Waals surface area (Å²) in [6, 6.07) is 17.9. The molecule has 156 valence electrons. The van der Waals surface area contributed by atoms with Gasteiger partial charge in [-0.1, -0.05) is 48.0 Å². The quantitative estimate of drug-likeness (QED) is 0.352. The second-order valence-corrected chi connectivity index (χ2v) is 7.12. The van der Waals surface area contributed by atoms with E-state index in [1.807, 2.05) is 0 Å². The van der Waals surface area contributed by atoms with E-state index in [1.54, 1.807) is 48.5 Å². The van der Waals surface area contributed by atoms with Crippen molar-refractivity contribution in [1.29, 1.82) is 0 Å². The van der Waals surface area contributed by atoms with Crippen molar-refractivity contribution in [2.24, 2.45) is 0 Å². The van der Waals surface area contributed by atoms with Crippen LogP contribution in [0.4, 0.5) is 11.4 Å². The number of esters is 1. The number of rotatable bonds is 5. The number of fused-ring (bicyclic) bond motifs is 2. The van der Waals surface area contributed by atoms with Crippen LogP contribution in [0.1, 0.15) is 17.0 Å². The highest BCUT2D eigenvalue weighted by molar-refractivity contribution is 6.31. The second kappa shape index (κ2) is 8.45. The molecule has 0 unspecified atom stereocenters. The third-order valence-electron chi connectivity index (χ3n) is 4.69. The maximum absolute atomic E-state index is 12.9. The predicted molar refractivity (Wildman–Crippen MR) is 112 cm³/mol. The number of ether oxygens (including phenoxy) is 2. The molecule has 3 aromatic rings. The van der Waals surface area contributed by atoms with Crippen LogP contribution in [0.5, 0.6) is 11.5 Å². The van der Waals surface area contributed by atoms with Crippen molar-refractivity contribution < 1.29 is 24.0 Å². The number of nitrogens with one attached hydrogen (secondary N) is 1. The second-order valence-electron chi connectivity index (χ2n) is 6.69. The standard InChI is InChI=1S/C22H15ClN2O6/c23-13-9-10-17(25(28)29)16(11-13)24-20(26)12-30-22(27)21-14-5-1-3-7-18(14)31-19-8-4-2-6-15(19)21/h1-11,21H,12H2,(H,24,26). The molecule has 0 aromatic heterocycles. The van der Waals surface area contributed by atoms with Crippen LogP contribution in [0.3, 0.4) is 0 Å². The van der Waals surface area contributed by atoms with Gasteiger partial charge in [0.25, 0.3) is 11.6 Å². The molecule has 0 saturated carbocycles. The Labute approximate surface area is 181 Å². The molecular formula is C22H15ClN2O6. The number of hydrogen-bond acceptors (Lipinski definition) is 6. The number of nitro groups is 1. The van der Waals surface area contributed by atoms with Gasteiger partial charge in [0, 0.05) is 22.2 Å². The van der Waals surface area contributed by atoms with E-state index in [-0.39, 0.29) is 16.4 Å². The van der Waals surface area contributed by atoms with Gasteiger partial charge in [-0.15, -0.1) is 0 Å². The molecule has 4 rings (SSSR count). The fourth-order valence-corrected chi connectivity index (χ4v) is 3.51. The summed E-state index contributed by atoms with van der Waals surface area (Å²) in [6.07, 6.45) is 0. The molecule has 31 heavy (non-hydrogen) atoms. The lowest BCUT2D eigenvalue weighted by molar-refractivity contribution is -0.383. The van der Waals surface area contributed by atoms with Crippen LogP contribution in [-0.2, 0) is 14.3 Å². The highest BCUT2D eigenvalue weighted by Gasteiger charge is 2.34. The minimum Gasteiger partial charge on any atom is -0.457 e. The molecule has 0 bridgehead atoms. The van der Waals surface area contributed by atoms with Gasteiger partial charge in [0.15, 0.2) is 6.61 Å². The van der Waals surface area contributed by atoms with Crippen molar-refractivity contribution in [2.45, 2.75) is 5.92 Å². The zero-order valence-electron chi connectivity index (χ0n) is 15.9. The largest absolute Gasteiger partial charge is 0.457 e. The molecule has 0 aliphatic carbocycles. The Morgan fingerprint density at radius 3 is 2.26 bits per heavy atom. The molecule has 1 aliphatic heterocycles. The average molecular weight is 439 g/mol. The molecular weight excluding hydrogens is 424 g/mol. The van der Waals surface area contributed by atoms with E-state index in [9.17, 15) is 19.7 Å². The van der Waals surface area contributed by atoms with E-state index < -0.39 is 29.3 Å². The smallest absolute Gasteiger partial charge is 0.318 e. The van der Waals surface area contributed by atoms with Crippen LogP contribution < -0.4 is 10.1 Å². The topological polar surface area (TPSA) is 108 Å². The maximum atomic E-state index is 12.9. The van der Waals surface area contributed by atoms with Crippen LogP contribution in [-0.4, -0.2) is 23.4 Å². The van der Waals surface area contributed by atoms with Crippen molar-refractivity contribution in [1.82, 2.24) is 0 Å². The van der Waals surface area contributed by atoms with E-state index in [0.717, 1.165) is 0 Å². The van der Waals surface area contributed by atoms with Gasteiger partial charge in [0.05, 0.1) is 4.92 Å². The number of para-hydroxylation sites is 2. The Kier molecular flexibility index (Phi) is 5.55. The summed E-state index contributed by atoms with van der Waals surface area (Å²) < 4.78 is 11.1. The number of carbonyl (C=O) groups is 2. The number of halogens is 1. The SMILES string of the molecule is O=C(COC(=O)C1c2ccccc2Oc2ccccc21)Nc1cc(Cl)ccc1[N+](=O)[O-]. The van der Waals surface area contributed by atoms with Gasteiger partial charge < -0.3 is 14.8 Å². The number of benzene rings is 3. The minimum absolute atomic E-state index is 0.0830. The van der Waals surface area contributed by atoms with Gasteiger partial charge in [-0.2, -0.15) is 0 Å². The number of nitrogens with zero attached hydrogens (tertiary/aromatic N) is 1. The number of amides is 1. The average Bonchev–Trinajstić information content (AvgIpc) is 2.75. The van der Waals surface area contributed by atoms with Crippen LogP contribution >= 0.6 is 11.6 Å². The third kappa shape index (κ3) is 4.19. The van der Waals surface area contributed by atoms with Crippen molar-refractivity contribution in [3.63, 3.8) is 0 Å². The van der Waals surface area contributed by atoms with Crippen LogP contribution in [0.15, 0.2) is 66.7 Å². The van der Waals surface area contributed by atoms with Crippen LogP contribution in [0.25, 0.3) is 0 Å². The van der Waals surface area contributed by atoms with Crippen LogP contribution in [0, 0.1) is 10.1 Å². The highest BCUT2D eigenvalue weighted by Crippen LogP contribution is 2.44. The third-order valence-corrected chi connectivity index (χ3v) is 4.93. The van der Waals surface area contributed by atoms with E-state index in [4.69, 9.17) is 21.1 Å². The zero-order valence-corrected chi connectivity index (χ0v) is 16.7. The van der Waals surface area contributed by atoms with E-state index in [0.29, 0.717) is 22.6 Å². The fourth-order valence-electron chi connectivity index (χ4n) is 3.34. The molecule has 0 fully saturated rings. The first-order valence-electron chi connectivity index (χ1n) is 9.20. The predicted octanol–water partition coefficient (Wildman–Crippen LogP) is 4.67. The monoisotopic (exact) mass is 438 g/mol. The van der Waals surface area contributed by atoms with Gasteiger partial charge in [-0.25, -0.2) is 0 Å². The summed E-state index contributed by atoms with van der Waals surface area (Å²) in [5.74, 6) is -1.08. The van der Waals surface area contributed by atoms with E-state index in [2.05, 4.69) is 5.32 Å². The van der Waals surface area contributed by atoms with Gasteiger partial charge in [0.1, 0.15) is 23.1 Å². The Morgan fingerprint density at radius 2 is 1.65 bits per heavy atom. The molecule has 0 atom stereocenters. The Hall–Kier alpha value is -3.91. The summed E-state index contributed by atoms with van der Waals surface area (Å²) in [7, 11) is 0. The number of hydrogen-bond donors (Lipinski definition) is 1.